The minimum atomic E-state index is -0.914. The van der Waals surface area contributed by atoms with Crippen LogP contribution >= 0.6 is 0 Å². The summed E-state index contributed by atoms with van der Waals surface area (Å²) in [5.41, 5.74) is 5.11. The molecule has 0 saturated carbocycles. The van der Waals surface area contributed by atoms with E-state index in [1.54, 1.807) is 0 Å². The first-order valence-electron chi connectivity index (χ1n) is 5.21. The van der Waals surface area contributed by atoms with Crippen LogP contribution in [0.25, 0.3) is 0 Å². The summed E-state index contributed by atoms with van der Waals surface area (Å²) in [6, 6.07) is 0.786. The number of nitrogens with zero attached hydrogens (tertiary/aromatic N) is 1. The van der Waals surface area contributed by atoms with Crippen LogP contribution < -0.4 is 11.1 Å². The van der Waals surface area contributed by atoms with E-state index in [0.717, 1.165) is 11.0 Å². The molecule has 1 atom stereocenters. The highest BCUT2D eigenvalue weighted by Gasteiger charge is 2.36. The summed E-state index contributed by atoms with van der Waals surface area (Å²) in [6.07, 6.45) is -0.0626. The second kappa shape index (κ2) is 4.25. The maximum Gasteiger partial charge on any atom is 0.251 e. The van der Waals surface area contributed by atoms with E-state index in [4.69, 9.17) is 5.73 Å². The second-order valence-electron chi connectivity index (χ2n) is 4.04. The van der Waals surface area contributed by atoms with Gasteiger partial charge in [0.2, 0.25) is 5.91 Å². The molecule has 0 spiro atoms. The molecule has 0 bridgehead atoms. The topological polar surface area (TPSA) is 75.4 Å². The number of amides is 2. The Labute approximate surface area is 102 Å². The number of benzene rings is 1. The van der Waals surface area contributed by atoms with Gasteiger partial charge in [-0.15, -0.1) is 0 Å². The quantitative estimate of drug-likeness (QED) is 0.603. The Bertz CT molecular complexity index is 533. The standard InChI is InChI=1S/C11H11F2N3O2/c1-16-9(17)4-8(11(16)18)15-7-3-5(12)2-6(13)10(7)14/h2-3,8,15H,4,14H2,1H3. The van der Waals surface area contributed by atoms with Gasteiger partial charge in [-0.05, 0) is 6.07 Å². The largest absolute Gasteiger partial charge is 0.395 e. The van der Waals surface area contributed by atoms with Crippen molar-refractivity contribution < 1.29 is 18.4 Å². The lowest BCUT2D eigenvalue weighted by atomic mass is 10.2. The molecule has 5 nitrogen and oxygen atoms in total. The van der Waals surface area contributed by atoms with E-state index in [1.165, 1.54) is 7.05 Å². The summed E-state index contributed by atoms with van der Waals surface area (Å²) in [4.78, 5) is 23.9. The van der Waals surface area contributed by atoms with Crippen molar-refractivity contribution in [2.75, 3.05) is 18.1 Å². The summed E-state index contributed by atoms with van der Waals surface area (Å²) < 4.78 is 26.2. The molecule has 96 valence electrons. The van der Waals surface area contributed by atoms with Gasteiger partial charge in [0.15, 0.2) is 5.82 Å². The number of nitrogens with two attached hydrogens (primary N) is 1. The summed E-state index contributed by atoms with van der Waals surface area (Å²) in [6.45, 7) is 0. The third-order valence-corrected chi connectivity index (χ3v) is 2.81. The molecule has 18 heavy (non-hydrogen) atoms. The highest BCUT2D eigenvalue weighted by Crippen LogP contribution is 2.26. The van der Waals surface area contributed by atoms with Gasteiger partial charge >= 0.3 is 0 Å². The van der Waals surface area contributed by atoms with Crippen molar-refractivity contribution in [3.8, 4) is 0 Å². The van der Waals surface area contributed by atoms with Gasteiger partial charge in [-0.3, -0.25) is 14.5 Å². The fourth-order valence-corrected chi connectivity index (χ4v) is 1.76. The smallest absolute Gasteiger partial charge is 0.251 e. The highest BCUT2D eigenvalue weighted by atomic mass is 19.1. The summed E-state index contributed by atoms with van der Waals surface area (Å²) in [5.74, 6) is -2.53. The maximum atomic E-state index is 13.2. The zero-order chi connectivity index (χ0) is 13.4. The van der Waals surface area contributed by atoms with Gasteiger partial charge in [0, 0.05) is 13.1 Å². The van der Waals surface area contributed by atoms with E-state index in [9.17, 15) is 18.4 Å². The Balaban J connectivity index is 2.25. The van der Waals surface area contributed by atoms with Crippen LogP contribution in [0.3, 0.4) is 0 Å². The van der Waals surface area contributed by atoms with Crippen LogP contribution in [0.1, 0.15) is 6.42 Å². The van der Waals surface area contributed by atoms with Gasteiger partial charge in [-0.2, -0.15) is 0 Å². The average Bonchev–Trinajstić information content (AvgIpc) is 2.53. The Morgan fingerprint density at radius 1 is 1.39 bits per heavy atom. The molecule has 1 heterocycles. The molecular formula is C11H11F2N3O2. The molecule has 1 fully saturated rings. The van der Waals surface area contributed by atoms with Gasteiger partial charge in [0.25, 0.3) is 5.91 Å². The number of likely N-dealkylation sites (tertiary alicyclic amines) is 1. The second-order valence-corrected chi connectivity index (χ2v) is 4.04. The first-order valence-corrected chi connectivity index (χ1v) is 5.21. The molecule has 1 unspecified atom stereocenters. The zero-order valence-corrected chi connectivity index (χ0v) is 9.54. The number of halogens is 2. The number of hydrogen-bond donors (Lipinski definition) is 2. The molecule has 0 aliphatic carbocycles. The maximum absolute atomic E-state index is 13.2. The van der Waals surface area contributed by atoms with E-state index in [-0.39, 0.29) is 23.7 Å². The van der Waals surface area contributed by atoms with E-state index in [0.29, 0.717) is 6.07 Å². The number of nitrogen functional groups attached to an aromatic ring is 1. The molecule has 1 aromatic rings. The lowest BCUT2D eigenvalue weighted by Gasteiger charge is -2.14. The lowest BCUT2D eigenvalue weighted by molar-refractivity contribution is -0.136. The minimum Gasteiger partial charge on any atom is -0.395 e. The predicted molar refractivity (Wildman–Crippen MR) is 60.6 cm³/mol. The number of anilines is 2. The first kappa shape index (κ1) is 12.3. The van der Waals surface area contributed by atoms with Gasteiger partial charge in [0.1, 0.15) is 11.9 Å². The van der Waals surface area contributed by atoms with E-state index >= 15 is 0 Å². The molecule has 1 aromatic carbocycles. The fourth-order valence-electron chi connectivity index (χ4n) is 1.76. The van der Waals surface area contributed by atoms with Crippen LogP contribution in [0.2, 0.25) is 0 Å². The highest BCUT2D eigenvalue weighted by molar-refractivity contribution is 6.06. The predicted octanol–water partition coefficient (Wildman–Crippen LogP) is 0.716. The number of likely N-dealkylation sites (N-methyl/N-ethyl adjacent to an activating group) is 1. The Hall–Kier alpha value is -2.18. The fraction of sp³-hybridized carbons (Fsp3) is 0.273. The molecule has 2 amide bonds. The molecule has 3 N–H and O–H groups in total. The summed E-state index contributed by atoms with van der Waals surface area (Å²) in [5, 5.41) is 2.58. The van der Waals surface area contributed by atoms with Gasteiger partial charge in [0.05, 0.1) is 17.8 Å². The van der Waals surface area contributed by atoms with Crippen molar-refractivity contribution >= 4 is 23.2 Å². The SMILES string of the molecule is CN1C(=O)CC(Nc2cc(F)cc(F)c2N)C1=O. The molecule has 7 heteroatoms. The van der Waals surface area contributed by atoms with Gasteiger partial charge in [-0.1, -0.05) is 0 Å². The third kappa shape index (κ3) is 1.99. The van der Waals surface area contributed by atoms with Crippen molar-refractivity contribution in [2.45, 2.75) is 12.5 Å². The van der Waals surface area contributed by atoms with Gasteiger partial charge in [-0.25, -0.2) is 8.78 Å². The minimum absolute atomic E-state index is 0.0334. The third-order valence-electron chi connectivity index (χ3n) is 2.81. The van der Waals surface area contributed by atoms with E-state index in [1.807, 2.05) is 0 Å². The monoisotopic (exact) mass is 255 g/mol. The molecule has 2 rings (SSSR count). The van der Waals surface area contributed by atoms with Crippen molar-refractivity contribution in [1.29, 1.82) is 0 Å². The summed E-state index contributed by atoms with van der Waals surface area (Å²) >= 11 is 0. The number of carbonyl (C=O) groups is 2. The molecule has 0 aromatic heterocycles. The van der Waals surface area contributed by atoms with Crippen LogP contribution in [0.15, 0.2) is 12.1 Å². The average molecular weight is 255 g/mol. The summed E-state index contributed by atoms with van der Waals surface area (Å²) in [7, 11) is 1.35. The molecular weight excluding hydrogens is 244 g/mol. The Morgan fingerprint density at radius 3 is 2.61 bits per heavy atom. The van der Waals surface area contributed by atoms with Crippen LogP contribution in [-0.2, 0) is 9.59 Å². The number of rotatable bonds is 2. The van der Waals surface area contributed by atoms with Crippen molar-refractivity contribution in [1.82, 2.24) is 4.90 Å². The van der Waals surface area contributed by atoms with Gasteiger partial charge < -0.3 is 11.1 Å². The Morgan fingerprint density at radius 2 is 2.06 bits per heavy atom. The van der Waals surface area contributed by atoms with E-state index < -0.39 is 23.6 Å². The van der Waals surface area contributed by atoms with Crippen LogP contribution in [0, 0.1) is 11.6 Å². The van der Waals surface area contributed by atoms with Crippen LogP contribution in [0.5, 0.6) is 0 Å². The number of carbonyl (C=O) groups excluding carboxylic acids is 2. The van der Waals surface area contributed by atoms with Crippen molar-refractivity contribution in [3.63, 3.8) is 0 Å². The zero-order valence-electron chi connectivity index (χ0n) is 9.54. The van der Waals surface area contributed by atoms with Crippen LogP contribution in [0.4, 0.5) is 20.2 Å². The van der Waals surface area contributed by atoms with Crippen molar-refractivity contribution in [2.24, 2.45) is 0 Å². The number of imide groups is 1. The first-order chi connectivity index (χ1) is 8.40. The van der Waals surface area contributed by atoms with Crippen LogP contribution in [-0.4, -0.2) is 29.8 Å². The van der Waals surface area contributed by atoms with E-state index in [2.05, 4.69) is 5.32 Å². The lowest BCUT2D eigenvalue weighted by Crippen LogP contribution is -2.32. The number of nitrogens with one attached hydrogen (secondary N) is 1. The molecule has 0 radical (unpaired) electrons. The number of hydrogen-bond acceptors (Lipinski definition) is 4. The molecule has 1 aliphatic heterocycles. The normalized spacial score (nSPS) is 19.5. The Kier molecular flexibility index (Phi) is 2.90. The molecule has 1 saturated heterocycles. The molecule has 1 aliphatic rings. The van der Waals surface area contributed by atoms with Crippen molar-refractivity contribution in [3.05, 3.63) is 23.8 Å².